The van der Waals surface area contributed by atoms with Crippen molar-refractivity contribution in [3.63, 3.8) is 0 Å². The summed E-state index contributed by atoms with van der Waals surface area (Å²) in [7, 11) is 0. The number of hydrogen-bond donors (Lipinski definition) is 2. The van der Waals surface area contributed by atoms with E-state index in [4.69, 9.17) is 6.42 Å². The third-order valence-electron chi connectivity index (χ3n) is 6.65. The molecule has 2 unspecified atom stereocenters. The minimum Gasteiger partial charge on any atom is -0.347 e. The maximum absolute atomic E-state index is 12.9. The summed E-state index contributed by atoms with van der Waals surface area (Å²) in [6.45, 7) is 2.44. The Morgan fingerprint density at radius 1 is 1.26 bits per heavy atom. The van der Waals surface area contributed by atoms with Gasteiger partial charge in [-0.1, -0.05) is 11.1 Å². The highest BCUT2D eigenvalue weighted by Crippen LogP contribution is 2.29. The largest absolute Gasteiger partial charge is 0.347 e. The monoisotopic (exact) mass is 475 g/mol. The van der Waals surface area contributed by atoms with Gasteiger partial charge in [0.05, 0.1) is 18.4 Å². The molecule has 3 aliphatic rings. The zero-order valence-corrected chi connectivity index (χ0v) is 19.1. The molecule has 11 nitrogen and oxygen atoms in total. The second-order valence-electron chi connectivity index (χ2n) is 9.04. The lowest BCUT2D eigenvalue weighted by Gasteiger charge is -2.31. The quantitative estimate of drug-likeness (QED) is 0.455. The van der Waals surface area contributed by atoms with Crippen LogP contribution in [0.1, 0.15) is 52.1 Å². The molecular weight excluding hydrogens is 450 g/mol. The van der Waals surface area contributed by atoms with Gasteiger partial charge in [0.2, 0.25) is 11.8 Å². The van der Waals surface area contributed by atoms with E-state index in [9.17, 15) is 19.2 Å². The summed E-state index contributed by atoms with van der Waals surface area (Å²) in [5.74, 6) is 1.32. The predicted octanol–water partition coefficient (Wildman–Crippen LogP) is -0.144. The standard InChI is InChI=1S/C24H25N7O4/c1-2-9-29-10-3-4-16(13-29)25-22(33)19-14-31(28-27-19)17-5-6-18-15(11-17)12-30(24(18)35)20-7-8-21(32)26-23(20)34/h1,5-6,11,14,16,20H,3-4,7-10,12-13H2,(H,25,33)(H,26,32,34). The van der Waals surface area contributed by atoms with Gasteiger partial charge in [0.15, 0.2) is 5.69 Å². The van der Waals surface area contributed by atoms with Crippen molar-refractivity contribution < 1.29 is 19.2 Å². The highest BCUT2D eigenvalue weighted by atomic mass is 16.2. The molecule has 0 aliphatic carbocycles. The van der Waals surface area contributed by atoms with Crippen LogP contribution in [0.15, 0.2) is 24.4 Å². The summed E-state index contributed by atoms with van der Waals surface area (Å²) < 4.78 is 1.49. The van der Waals surface area contributed by atoms with Crippen LogP contribution in [0.25, 0.3) is 5.69 Å². The first-order valence-electron chi connectivity index (χ1n) is 11.6. The molecule has 4 heterocycles. The number of rotatable bonds is 5. The van der Waals surface area contributed by atoms with Gasteiger partial charge in [-0.25, -0.2) is 4.68 Å². The summed E-state index contributed by atoms with van der Waals surface area (Å²) in [4.78, 5) is 52.9. The molecule has 0 saturated carbocycles. The summed E-state index contributed by atoms with van der Waals surface area (Å²) in [6, 6.07) is 4.53. The lowest BCUT2D eigenvalue weighted by molar-refractivity contribution is -0.136. The van der Waals surface area contributed by atoms with Gasteiger partial charge in [0, 0.05) is 31.1 Å². The van der Waals surface area contributed by atoms with E-state index in [1.54, 1.807) is 24.4 Å². The van der Waals surface area contributed by atoms with E-state index in [2.05, 4.69) is 31.8 Å². The van der Waals surface area contributed by atoms with Gasteiger partial charge in [0.1, 0.15) is 6.04 Å². The maximum atomic E-state index is 12.9. The topological polar surface area (TPSA) is 130 Å². The van der Waals surface area contributed by atoms with Crippen molar-refractivity contribution in [3.05, 3.63) is 41.2 Å². The van der Waals surface area contributed by atoms with E-state index in [0.29, 0.717) is 30.8 Å². The number of terminal acetylenes is 1. The van der Waals surface area contributed by atoms with E-state index in [0.717, 1.165) is 24.9 Å². The average molecular weight is 476 g/mol. The Morgan fingerprint density at radius 2 is 2.11 bits per heavy atom. The Bertz CT molecular complexity index is 1250. The molecule has 0 bridgehead atoms. The number of carbonyl (C=O) groups is 4. The van der Waals surface area contributed by atoms with Crippen molar-refractivity contribution in [2.45, 2.75) is 44.3 Å². The van der Waals surface area contributed by atoms with Gasteiger partial charge in [-0.15, -0.1) is 11.5 Å². The van der Waals surface area contributed by atoms with E-state index >= 15 is 0 Å². The number of amides is 4. The van der Waals surface area contributed by atoms with Crippen LogP contribution in [0, 0.1) is 12.3 Å². The maximum Gasteiger partial charge on any atom is 0.273 e. The molecule has 3 aliphatic heterocycles. The fraction of sp³-hybridized carbons (Fsp3) is 0.417. The molecule has 2 fully saturated rings. The average Bonchev–Trinajstić information content (AvgIpc) is 3.45. The van der Waals surface area contributed by atoms with Crippen molar-refractivity contribution in [1.82, 2.24) is 35.4 Å². The molecule has 4 amide bonds. The normalized spacial score (nSPS) is 22.5. The summed E-state index contributed by atoms with van der Waals surface area (Å²) in [5, 5.41) is 13.4. The Hall–Kier alpha value is -4.04. The number of likely N-dealkylation sites (tertiary alicyclic amines) is 1. The number of hydrogen-bond acceptors (Lipinski definition) is 7. The molecule has 2 atom stereocenters. The second-order valence-corrected chi connectivity index (χ2v) is 9.04. The number of benzene rings is 1. The smallest absolute Gasteiger partial charge is 0.273 e. The van der Waals surface area contributed by atoms with Gasteiger partial charge in [-0.3, -0.25) is 29.4 Å². The van der Waals surface area contributed by atoms with Crippen LogP contribution < -0.4 is 10.6 Å². The Kier molecular flexibility index (Phi) is 6.05. The van der Waals surface area contributed by atoms with Crippen LogP contribution in [0.2, 0.25) is 0 Å². The van der Waals surface area contributed by atoms with E-state index in [-0.39, 0.29) is 42.4 Å². The Labute approximate surface area is 201 Å². The molecule has 0 radical (unpaired) electrons. The first-order chi connectivity index (χ1) is 16.9. The zero-order chi connectivity index (χ0) is 24.5. The fourth-order valence-corrected chi connectivity index (χ4v) is 4.90. The second kappa shape index (κ2) is 9.31. The van der Waals surface area contributed by atoms with Crippen LogP contribution in [-0.2, 0) is 16.1 Å². The minimum atomic E-state index is -0.672. The molecular formula is C24H25N7O4. The third kappa shape index (κ3) is 4.52. The lowest BCUT2D eigenvalue weighted by Crippen LogP contribution is -2.52. The number of imide groups is 1. The number of nitrogens with one attached hydrogen (secondary N) is 2. The fourth-order valence-electron chi connectivity index (χ4n) is 4.90. The highest BCUT2D eigenvalue weighted by Gasteiger charge is 2.39. The van der Waals surface area contributed by atoms with E-state index in [1.807, 2.05) is 0 Å². The van der Waals surface area contributed by atoms with Gasteiger partial charge < -0.3 is 10.2 Å². The molecule has 2 N–H and O–H groups in total. The molecule has 1 aromatic carbocycles. The SMILES string of the molecule is C#CCN1CCCC(NC(=O)c2cn(-c3ccc4c(c3)CN(C3CCC(=O)NC3=O)C4=O)nn2)C1. The number of nitrogens with zero attached hydrogens (tertiary/aromatic N) is 5. The van der Waals surface area contributed by atoms with Gasteiger partial charge in [-0.2, -0.15) is 0 Å². The molecule has 11 heteroatoms. The Balaban J connectivity index is 1.27. The van der Waals surface area contributed by atoms with Gasteiger partial charge >= 0.3 is 0 Å². The Morgan fingerprint density at radius 3 is 2.91 bits per heavy atom. The summed E-state index contributed by atoms with van der Waals surface area (Å²) in [5.41, 5.74) is 2.09. The number of piperidine rings is 2. The van der Waals surface area contributed by atoms with Crippen LogP contribution in [-0.4, -0.2) is 80.1 Å². The number of carbonyl (C=O) groups excluding carboxylic acids is 4. The van der Waals surface area contributed by atoms with E-state index < -0.39 is 11.9 Å². The zero-order valence-electron chi connectivity index (χ0n) is 19.1. The van der Waals surface area contributed by atoms with Gasteiger partial charge in [0.25, 0.3) is 11.8 Å². The molecule has 0 spiro atoms. The summed E-state index contributed by atoms with van der Waals surface area (Å²) >= 11 is 0. The minimum absolute atomic E-state index is 0.000906. The number of aromatic nitrogens is 3. The van der Waals surface area contributed by atoms with Crippen LogP contribution in [0.4, 0.5) is 0 Å². The van der Waals surface area contributed by atoms with Crippen molar-refractivity contribution >= 4 is 23.6 Å². The van der Waals surface area contributed by atoms with E-state index in [1.165, 1.54) is 9.58 Å². The van der Waals surface area contributed by atoms with Crippen molar-refractivity contribution in [2.24, 2.45) is 0 Å². The van der Waals surface area contributed by atoms with Crippen molar-refractivity contribution in [2.75, 3.05) is 19.6 Å². The molecule has 1 aromatic heterocycles. The van der Waals surface area contributed by atoms with Crippen LogP contribution in [0.3, 0.4) is 0 Å². The van der Waals surface area contributed by atoms with Crippen LogP contribution >= 0.6 is 0 Å². The third-order valence-corrected chi connectivity index (χ3v) is 6.65. The van der Waals surface area contributed by atoms with Crippen LogP contribution in [0.5, 0.6) is 0 Å². The first-order valence-corrected chi connectivity index (χ1v) is 11.6. The first kappa shape index (κ1) is 22.7. The molecule has 2 saturated heterocycles. The number of fused-ring (bicyclic) bond motifs is 1. The lowest BCUT2D eigenvalue weighted by atomic mass is 10.0. The molecule has 180 valence electrons. The summed E-state index contributed by atoms with van der Waals surface area (Å²) in [6.07, 6.45) is 9.30. The van der Waals surface area contributed by atoms with Gasteiger partial charge in [-0.05, 0) is 49.6 Å². The molecule has 35 heavy (non-hydrogen) atoms. The molecule has 5 rings (SSSR count). The highest BCUT2D eigenvalue weighted by molar-refractivity contribution is 6.05. The van der Waals surface area contributed by atoms with Crippen molar-refractivity contribution in [3.8, 4) is 18.0 Å². The van der Waals surface area contributed by atoms with Crippen molar-refractivity contribution in [1.29, 1.82) is 0 Å². The molecule has 2 aromatic rings. The predicted molar refractivity (Wildman–Crippen MR) is 123 cm³/mol.